The molecule has 1 aromatic heterocycles. The van der Waals surface area contributed by atoms with Gasteiger partial charge < -0.3 is 4.90 Å². The van der Waals surface area contributed by atoms with Crippen molar-refractivity contribution in [2.24, 2.45) is 5.41 Å². The summed E-state index contributed by atoms with van der Waals surface area (Å²) < 4.78 is 0. The molecule has 16 heavy (non-hydrogen) atoms. The minimum atomic E-state index is 0.525. The number of aromatic nitrogens is 1. The molecule has 0 saturated carbocycles. The highest BCUT2D eigenvalue weighted by molar-refractivity contribution is 7.13. The Morgan fingerprint density at radius 3 is 2.69 bits per heavy atom. The summed E-state index contributed by atoms with van der Waals surface area (Å²) in [5, 5.41) is 3.21. The maximum absolute atomic E-state index is 5.77. The third-order valence-electron chi connectivity index (χ3n) is 3.77. The number of hydrogen-bond donors (Lipinski definition) is 0. The van der Waals surface area contributed by atoms with E-state index in [1.807, 2.05) is 0 Å². The lowest BCUT2D eigenvalue weighted by Crippen LogP contribution is -2.38. The molecule has 1 fully saturated rings. The summed E-state index contributed by atoms with van der Waals surface area (Å²) in [7, 11) is 0. The van der Waals surface area contributed by atoms with Crippen LogP contribution in [0, 0.1) is 5.41 Å². The van der Waals surface area contributed by atoms with E-state index in [0.29, 0.717) is 11.3 Å². The van der Waals surface area contributed by atoms with E-state index in [1.165, 1.54) is 19.3 Å². The van der Waals surface area contributed by atoms with E-state index < -0.39 is 0 Å². The number of anilines is 1. The first kappa shape index (κ1) is 12.2. The first-order valence-corrected chi connectivity index (χ1v) is 7.33. The summed E-state index contributed by atoms with van der Waals surface area (Å²) in [6, 6.07) is 0. The molecule has 0 amide bonds. The predicted octanol–water partition coefficient (Wildman–Crippen LogP) is 3.90. The lowest BCUT2D eigenvalue weighted by atomic mass is 9.78. The molecule has 1 aliphatic heterocycles. The predicted molar refractivity (Wildman–Crippen MR) is 71.5 cm³/mol. The van der Waals surface area contributed by atoms with Crippen LogP contribution in [0.4, 0.5) is 5.13 Å². The maximum Gasteiger partial charge on any atom is 0.185 e. The van der Waals surface area contributed by atoms with Crippen LogP contribution in [0.1, 0.15) is 38.8 Å². The van der Waals surface area contributed by atoms with Crippen molar-refractivity contribution in [2.45, 2.75) is 39.0 Å². The summed E-state index contributed by atoms with van der Waals surface area (Å²) in [5.74, 6) is 0.525. The van der Waals surface area contributed by atoms with Crippen LogP contribution in [0.15, 0.2) is 5.38 Å². The van der Waals surface area contributed by atoms with Crippen LogP contribution in [0.3, 0.4) is 0 Å². The van der Waals surface area contributed by atoms with Gasteiger partial charge in [0.15, 0.2) is 5.13 Å². The quantitative estimate of drug-likeness (QED) is 0.765. The third kappa shape index (κ3) is 2.51. The molecule has 0 aliphatic carbocycles. The lowest BCUT2D eigenvalue weighted by Gasteiger charge is -2.38. The summed E-state index contributed by atoms with van der Waals surface area (Å²) in [5.41, 5.74) is 1.55. The van der Waals surface area contributed by atoms with E-state index in [9.17, 15) is 0 Å². The lowest BCUT2D eigenvalue weighted by molar-refractivity contribution is 0.238. The Morgan fingerprint density at radius 1 is 1.50 bits per heavy atom. The minimum Gasteiger partial charge on any atom is -0.348 e. The minimum absolute atomic E-state index is 0.525. The molecule has 4 heteroatoms. The number of hydrogen-bond acceptors (Lipinski definition) is 3. The van der Waals surface area contributed by atoms with Crippen molar-refractivity contribution in [3.05, 3.63) is 11.1 Å². The Hall–Kier alpha value is -0.280. The Bertz CT molecular complexity index is 343. The van der Waals surface area contributed by atoms with Crippen molar-refractivity contribution in [3.63, 3.8) is 0 Å². The first-order valence-electron chi connectivity index (χ1n) is 5.92. The van der Waals surface area contributed by atoms with Gasteiger partial charge in [0.2, 0.25) is 0 Å². The number of halogens is 1. The fraction of sp³-hybridized carbons (Fsp3) is 0.750. The van der Waals surface area contributed by atoms with Gasteiger partial charge in [-0.3, -0.25) is 0 Å². The van der Waals surface area contributed by atoms with Crippen molar-refractivity contribution >= 4 is 28.1 Å². The second-order valence-electron chi connectivity index (χ2n) is 4.91. The number of nitrogens with zero attached hydrogens (tertiary/aromatic N) is 2. The molecule has 90 valence electrons. The summed E-state index contributed by atoms with van der Waals surface area (Å²) >= 11 is 7.49. The number of alkyl halides is 1. The molecular weight excluding hydrogens is 240 g/mol. The molecule has 0 aromatic carbocycles. The highest BCUT2D eigenvalue weighted by Crippen LogP contribution is 2.36. The highest BCUT2D eigenvalue weighted by atomic mass is 35.5. The van der Waals surface area contributed by atoms with Gasteiger partial charge >= 0.3 is 0 Å². The molecule has 1 aliphatic rings. The topological polar surface area (TPSA) is 16.1 Å². The molecule has 0 bridgehead atoms. The van der Waals surface area contributed by atoms with Gasteiger partial charge in [-0.1, -0.05) is 20.3 Å². The van der Waals surface area contributed by atoms with Gasteiger partial charge in [0.05, 0.1) is 11.6 Å². The SMILES string of the molecule is CCC1(C)CCN(c2nc(CCl)cs2)CC1. The van der Waals surface area contributed by atoms with Crippen LogP contribution in [0.25, 0.3) is 0 Å². The number of thiazole rings is 1. The zero-order chi connectivity index (χ0) is 11.6. The summed E-state index contributed by atoms with van der Waals surface area (Å²) in [6.45, 7) is 6.97. The Balaban J connectivity index is 1.98. The van der Waals surface area contributed by atoms with Gasteiger partial charge in [-0.05, 0) is 18.3 Å². The summed E-state index contributed by atoms with van der Waals surface area (Å²) in [4.78, 5) is 6.94. The standard InChI is InChI=1S/C12H19ClN2S/c1-3-12(2)4-6-15(7-5-12)11-14-10(8-13)9-16-11/h9H,3-8H2,1-2H3. The monoisotopic (exact) mass is 258 g/mol. The fourth-order valence-corrected chi connectivity index (χ4v) is 3.20. The third-order valence-corrected chi connectivity index (χ3v) is 5.00. The van der Waals surface area contributed by atoms with Gasteiger partial charge in [0.25, 0.3) is 0 Å². The van der Waals surface area contributed by atoms with E-state index in [0.717, 1.165) is 23.9 Å². The largest absolute Gasteiger partial charge is 0.348 e. The number of rotatable bonds is 3. The van der Waals surface area contributed by atoms with Gasteiger partial charge in [-0.25, -0.2) is 4.98 Å². The average molecular weight is 259 g/mol. The molecule has 2 heterocycles. The normalized spacial score (nSPS) is 20.1. The second-order valence-corrected chi connectivity index (χ2v) is 6.01. The molecule has 0 spiro atoms. The molecule has 1 saturated heterocycles. The second kappa shape index (κ2) is 4.92. The fourth-order valence-electron chi connectivity index (χ4n) is 2.09. The van der Waals surface area contributed by atoms with Crippen molar-refractivity contribution in [1.29, 1.82) is 0 Å². The van der Waals surface area contributed by atoms with E-state index in [1.54, 1.807) is 11.3 Å². The smallest absolute Gasteiger partial charge is 0.185 e. The first-order chi connectivity index (χ1) is 7.67. The van der Waals surface area contributed by atoms with Crippen LogP contribution < -0.4 is 4.90 Å². The van der Waals surface area contributed by atoms with Gasteiger partial charge in [0.1, 0.15) is 0 Å². The van der Waals surface area contributed by atoms with Crippen molar-refractivity contribution in [2.75, 3.05) is 18.0 Å². The average Bonchev–Trinajstić information content (AvgIpc) is 2.79. The van der Waals surface area contributed by atoms with Gasteiger partial charge in [-0.2, -0.15) is 0 Å². The van der Waals surface area contributed by atoms with Crippen molar-refractivity contribution in [1.82, 2.24) is 4.98 Å². The Labute approximate surface area is 107 Å². The van der Waals surface area contributed by atoms with E-state index in [2.05, 4.69) is 29.1 Å². The van der Waals surface area contributed by atoms with Crippen LogP contribution in [-0.2, 0) is 5.88 Å². The molecule has 0 radical (unpaired) electrons. The molecular formula is C12H19ClN2S. The van der Waals surface area contributed by atoms with Gasteiger partial charge in [0, 0.05) is 18.5 Å². The molecule has 0 unspecified atom stereocenters. The summed E-state index contributed by atoms with van der Waals surface area (Å²) in [6.07, 6.45) is 3.84. The zero-order valence-electron chi connectivity index (χ0n) is 10.0. The number of piperidine rings is 1. The van der Waals surface area contributed by atoms with Gasteiger partial charge in [-0.15, -0.1) is 22.9 Å². The van der Waals surface area contributed by atoms with Crippen molar-refractivity contribution < 1.29 is 0 Å². The maximum atomic E-state index is 5.77. The van der Waals surface area contributed by atoms with Crippen LogP contribution in [-0.4, -0.2) is 18.1 Å². The Kier molecular flexibility index (Phi) is 3.75. The van der Waals surface area contributed by atoms with E-state index in [4.69, 9.17) is 11.6 Å². The van der Waals surface area contributed by atoms with Crippen LogP contribution in [0.2, 0.25) is 0 Å². The van der Waals surface area contributed by atoms with Crippen molar-refractivity contribution in [3.8, 4) is 0 Å². The zero-order valence-corrected chi connectivity index (χ0v) is 11.6. The highest BCUT2D eigenvalue weighted by Gasteiger charge is 2.29. The van der Waals surface area contributed by atoms with Crippen LogP contribution >= 0.6 is 22.9 Å². The molecule has 0 atom stereocenters. The molecule has 0 N–H and O–H groups in total. The molecule has 1 aromatic rings. The molecule has 2 nitrogen and oxygen atoms in total. The van der Waals surface area contributed by atoms with E-state index in [-0.39, 0.29) is 0 Å². The van der Waals surface area contributed by atoms with Crippen LogP contribution in [0.5, 0.6) is 0 Å². The molecule has 2 rings (SSSR count). The van der Waals surface area contributed by atoms with E-state index >= 15 is 0 Å². The Morgan fingerprint density at radius 2 is 2.19 bits per heavy atom.